The van der Waals surface area contributed by atoms with Crippen molar-refractivity contribution in [3.8, 4) is 5.75 Å². The van der Waals surface area contributed by atoms with Crippen LogP contribution in [0, 0.1) is 0 Å². The first kappa shape index (κ1) is 18.3. The molecular formula is C19H23ClN2O2. The molecule has 0 bridgehead atoms. The first-order valence-electron chi connectivity index (χ1n) is 8.08. The molecule has 1 saturated carbocycles. The molecule has 4 nitrogen and oxygen atoms in total. The van der Waals surface area contributed by atoms with Crippen molar-refractivity contribution in [3.05, 3.63) is 65.2 Å². The number of carbonyl (C=O) groups excluding carboxylic acids is 1. The van der Waals surface area contributed by atoms with Crippen molar-refractivity contribution in [1.82, 2.24) is 5.32 Å². The quantitative estimate of drug-likeness (QED) is 0.842. The minimum absolute atomic E-state index is 0. The molecule has 3 rings (SSSR count). The van der Waals surface area contributed by atoms with E-state index in [4.69, 9.17) is 10.5 Å². The van der Waals surface area contributed by atoms with E-state index in [9.17, 15) is 4.79 Å². The highest BCUT2D eigenvalue weighted by Gasteiger charge is 2.20. The molecule has 0 spiro atoms. The van der Waals surface area contributed by atoms with Crippen molar-refractivity contribution in [2.24, 2.45) is 5.73 Å². The lowest BCUT2D eigenvalue weighted by Gasteiger charge is -2.27. The maximum atomic E-state index is 12.2. The number of rotatable bonds is 6. The highest BCUT2D eigenvalue weighted by Crippen LogP contribution is 2.27. The van der Waals surface area contributed by atoms with Crippen LogP contribution in [0.1, 0.15) is 40.7 Å². The van der Waals surface area contributed by atoms with E-state index in [2.05, 4.69) is 5.32 Å². The van der Waals surface area contributed by atoms with Crippen LogP contribution in [0.15, 0.2) is 48.5 Å². The first-order valence-corrected chi connectivity index (χ1v) is 8.08. The molecular weight excluding hydrogens is 324 g/mol. The fourth-order valence-corrected chi connectivity index (χ4v) is 2.50. The average molecular weight is 347 g/mol. The van der Waals surface area contributed by atoms with E-state index in [0.29, 0.717) is 24.8 Å². The maximum absolute atomic E-state index is 12.2. The first-order chi connectivity index (χ1) is 11.3. The van der Waals surface area contributed by atoms with Crippen molar-refractivity contribution in [2.75, 3.05) is 0 Å². The normalized spacial score (nSPS) is 13.5. The summed E-state index contributed by atoms with van der Waals surface area (Å²) in [5.74, 6) is 0.781. The number of nitrogens with one attached hydrogen (secondary N) is 1. The van der Waals surface area contributed by atoms with E-state index in [0.717, 1.165) is 29.7 Å². The zero-order valence-electron chi connectivity index (χ0n) is 13.5. The highest BCUT2D eigenvalue weighted by molar-refractivity contribution is 5.94. The SMILES string of the molecule is Cl.NCc1ccc(C(=O)NCc2ccccc2OC2CCC2)cc1. The lowest BCUT2D eigenvalue weighted by atomic mass is 9.96. The van der Waals surface area contributed by atoms with E-state index in [1.165, 1.54) is 6.42 Å². The molecule has 0 aromatic heterocycles. The second-order valence-corrected chi connectivity index (χ2v) is 5.86. The van der Waals surface area contributed by atoms with E-state index < -0.39 is 0 Å². The van der Waals surface area contributed by atoms with E-state index in [1.54, 1.807) is 12.1 Å². The summed E-state index contributed by atoms with van der Waals surface area (Å²) in [4.78, 5) is 12.2. The molecule has 0 heterocycles. The minimum atomic E-state index is -0.0907. The van der Waals surface area contributed by atoms with Gasteiger partial charge in [-0.1, -0.05) is 30.3 Å². The lowest BCUT2D eigenvalue weighted by Crippen LogP contribution is -2.26. The van der Waals surface area contributed by atoms with Gasteiger partial charge in [0.1, 0.15) is 5.75 Å². The van der Waals surface area contributed by atoms with Gasteiger partial charge in [0.2, 0.25) is 0 Å². The molecule has 2 aromatic rings. The molecule has 1 fully saturated rings. The molecule has 0 atom stereocenters. The summed E-state index contributed by atoms with van der Waals surface area (Å²) in [6.45, 7) is 0.939. The van der Waals surface area contributed by atoms with Crippen LogP contribution in [0.5, 0.6) is 5.75 Å². The minimum Gasteiger partial charge on any atom is -0.490 e. The summed E-state index contributed by atoms with van der Waals surface area (Å²) in [5.41, 5.74) is 8.23. The van der Waals surface area contributed by atoms with Gasteiger partial charge in [0.15, 0.2) is 0 Å². The molecule has 3 N–H and O–H groups in total. The average Bonchev–Trinajstić information content (AvgIpc) is 2.57. The Balaban J connectivity index is 0.00000208. The van der Waals surface area contributed by atoms with Gasteiger partial charge in [-0.05, 0) is 43.0 Å². The summed E-state index contributed by atoms with van der Waals surface area (Å²) in [5, 5.41) is 2.95. The maximum Gasteiger partial charge on any atom is 0.251 e. The van der Waals surface area contributed by atoms with Gasteiger partial charge in [0.25, 0.3) is 5.91 Å². The van der Waals surface area contributed by atoms with E-state index in [-0.39, 0.29) is 18.3 Å². The topological polar surface area (TPSA) is 64.4 Å². The Hall–Kier alpha value is -2.04. The zero-order chi connectivity index (χ0) is 16.1. The Bertz CT molecular complexity index is 669. The van der Waals surface area contributed by atoms with Gasteiger partial charge in [-0.25, -0.2) is 0 Å². The van der Waals surface area contributed by atoms with Crippen LogP contribution in [-0.2, 0) is 13.1 Å². The fourth-order valence-electron chi connectivity index (χ4n) is 2.50. The van der Waals surface area contributed by atoms with E-state index in [1.807, 2.05) is 36.4 Å². The highest BCUT2D eigenvalue weighted by atomic mass is 35.5. The van der Waals surface area contributed by atoms with Crippen molar-refractivity contribution < 1.29 is 9.53 Å². The van der Waals surface area contributed by atoms with Crippen molar-refractivity contribution >= 4 is 18.3 Å². The van der Waals surface area contributed by atoms with Crippen molar-refractivity contribution in [3.63, 3.8) is 0 Å². The molecule has 1 aliphatic carbocycles. The Morgan fingerprint density at radius 1 is 1.12 bits per heavy atom. The van der Waals surface area contributed by atoms with Crippen molar-refractivity contribution in [2.45, 2.75) is 38.5 Å². The number of hydrogen-bond acceptors (Lipinski definition) is 3. The summed E-state index contributed by atoms with van der Waals surface area (Å²) in [7, 11) is 0. The van der Waals surface area contributed by atoms with E-state index >= 15 is 0 Å². The van der Waals surface area contributed by atoms with Crippen molar-refractivity contribution in [1.29, 1.82) is 0 Å². The molecule has 0 saturated heterocycles. The molecule has 0 radical (unpaired) electrons. The number of amides is 1. The number of halogens is 1. The third-order valence-corrected chi connectivity index (χ3v) is 4.21. The Kier molecular flexibility index (Phi) is 6.64. The largest absolute Gasteiger partial charge is 0.490 e. The number of benzene rings is 2. The lowest BCUT2D eigenvalue weighted by molar-refractivity contribution is 0.0948. The van der Waals surface area contributed by atoms with Crippen LogP contribution < -0.4 is 15.8 Å². The van der Waals surface area contributed by atoms with Gasteiger partial charge < -0.3 is 15.8 Å². The van der Waals surface area contributed by atoms with Crippen LogP contribution in [0.25, 0.3) is 0 Å². The van der Waals surface area contributed by atoms with Crippen LogP contribution in [0.3, 0.4) is 0 Å². The predicted octanol–water partition coefficient (Wildman–Crippen LogP) is 3.43. The monoisotopic (exact) mass is 346 g/mol. The second kappa shape index (κ2) is 8.71. The van der Waals surface area contributed by atoms with Gasteiger partial charge in [0, 0.05) is 24.2 Å². The molecule has 2 aromatic carbocycles. The van der Waals surface area contributed by atoms with Crippen LogP contribution in [0.4, 0.5) is 0 Å². The predicted molar refractivity (Wildman–Crippen MR) is 97.5 cm³/mol. The molecule has 0 unspecified atom stereocenters. The van der Waals surface area contributed by atoms with Crippen LogP contribution in [-0.4, -0.2) is 12.0 Å². The van der Waals surface area contributed by atoms with Gasteiger partial charge >= 0.3 is 0 Å². The summed E-state index contributed by atoms with van der Waals surface area (Å²) in [6.07, 6.45) is 3.81. The Labute approximate surface area is 148 Å². The summed E-state index contributed by atoms with van der Waals surface area (Å²) in [6, 6.07) is 15.2. The molecule has 1 aliphatic rings. The number of nitrogens with two attached hydrogens (primary N) is 1. The fraction of sp³-hybridized carbons (Fsp3) is 0.316. The third-order valence-electron chi connectivity index (χ3n) is 4.21. The third kappa shape index (κ3) is 4.49. The number of carbonyl (C=O) groups is 1. The van der Waals surface area contributed by atoms with Gasteiger partial charge in [-0.15, -0.1) is 12.4 Å². The van der Waals surface area contributed by atoms with Gasteiger partial charge in [-0.3, -0.25) is 4.79 Å². The van der Waals surface area contributed by atoms with Crippen LogP contribution in [0.2, 0.25) is 0 Å². The summed E-state index contributed by atoms with van der Waals surface area (Å²) < 4.78 is 5.98. The number of ether oxygens (including phenoxy) is 1. The smallest absolute Gasteiger partial charge is 0.251 e. The Morgan fingerprint density at radius 3 is 2.46 bits per heavy atom. The van der Waals surface area contributed by atoms with Gasteiger partial charge in [0.05, 0.1) is 6.10 Å². The standard InChI is InChI=1S/C19H22N2O2.ClH/c20-12-14-8-10-15(11-9-14)19(22)21-13-16-4-1-2-7-18(16)23-17-5-3-6-17;/h1-2,4,7-11,17H,3,5-6,12-13,20H2,(H,21,22);1H. The molecule has 128 valence electrons. The molecule has 5 heteroatoms. The van der Waals surface area contributed by atoms with Crippen LogP contribution >= 0.6 is 12.4 Å². The molecule has 24 heavy (non-hydrogen) atoms. The van der Waals surface area contributed by atoms with Gasteiger partial charge in [-0.2, -0.15) is 0 Å². The summed E-state index contributed by atoms with van der Waals surface area (Å²) >= 11 is 0. The number of hydrogen-bond donors (Lipinski definition) is 2. The zero-order valence-corrected chi connectivity index (χ0v) is 14.4. The molecule has 0 aliphatic heterocycles. The Morgan fingerprint density at radius 2 is 1.83 bits per heavy atom. The molecule has 1 amide bonds. The second-order valence-electron chi connectivity index (χ2n) is 5.86. The number of para-hydroxylation sites is 1.